The second kappa shape index (κ2) is 8.75. The Labute approximate surface area is 209 Å². The van der Waals surface area contributed by atoms with Gasteiger partial charge in [0.1, 0.15) is 11.5 Å². The lowest BCUT2D eigenvalue weighted by Crippen LogP contribution is -2.59. The maximum Gasteiger partial charge on any atom is 0.200 e. The highest BCUT2D eigenvalue weighted by Gasteiger charge is 2.52. The van der Waals surface area contributed by atoms with E-state index in [0.29, 0.717) is 0 Å². The van der Waals surface area contributed by atoms with Crippen molar-refractivity contribution in [1.29, 1.82) is 0 Å². The van der Waals surface area contributed by atoms with Gasteiger partial charge in [0.05, 0.1) is 18.9 Å². The predicted octanol–water partition coefficient (Wildman–Crippen LogP) is 5.99. The molecule has 0 bridgehead atoms. The fourth-order valence-corrected chi connectivity index (χ4v) is 5.91. The van der Waals surface area contributed by atoms with E-state index < -0.39 is 5.72 Å². The first-order chi connectivity index (χ1) is 16.6. The van der Waals surface area contributed by atoms with Gasteiger partial charge in [-0.1, -0.05) is 58.4 Å². The first-order valence-electron chi connectivity index (χ1n) is 11.9. The summed E-state index contributed by atoms with van der Waals surface area (Å²) < 4.78 is 13.5. The summed E-state index contributed by atoms with van der Waals surface area (Å²) in [5.41, 5.74) is 4.24. The van der Waals surface area contributed by atoms with Crippen LogP contribution >= 0.6 is 15.9 Å². The average Bonchev–Trinajstić information content (AvgIpc) is 3.33. The van der Waals surface area contributed by atoms with Crippen molar-refractivity contribution in [3.8, 4) is 11.5 Å². The number of hydrazone groups is 1. The van der Waals surface area contributed by atoms with Crippen LogP contribution in [0.1, 0.15) is 42.0 Å². The number of piperidine rings is 1. The zero-order valence-electron chi connectivity index (χ0n) is 19.3. The highest BCUT2D eigenvalue weighted by Crippen LogP contribution is 2.51. The molecule has 0 amide bonds. The summed E-state index contributed by atoms with van der Waals surface area (Å²) in [6.07, 6.45) is 2.66. The molecule has 5 nitrogen and oxygen atoms in total. The van der Waals surface area contributed by atoms with Crippen molar-refractivity contribution >= 4 is 21.6 Å². The second-order valence-electron chi connectivity index (χ2n) is 9.30. The third-order valence-corrected chi connectivity index (χ3v) is 7.76. The summed E-state index contributed by atoms with van der Waals surface area (Å²) in [5.74, 6) is 1.85. The summed E-state index contributed by atoms with van der Waals surface area (Å²) in [5, 5.41) is 7.48. The fourth-order valence-electron chi connectivity index (χ4n) is 5.53. The number of halogens is 1. The summed E-state index contributed by atoms with van der Waals surface area (Å²) in [6.45, 7) is 2.92. The van der Waals surface area contributed by atoms with E-state index >= 15 is 0 Å². The number of likely N-dealkylation sites (tertiary alicyclic amines) is 1. The lowest BCUT2D eigenvalue weighted by molar-refractivity contribution is -0.150. The van der Waals surface area contributed by atoms with Gasteiger partial charge in [0.25, 0.3) is 0 Å². The average molecular weight is 518 g/mol. The normalized spacial score (nSPS) is 20.9. The molecule has 3 aromatic rings. The first kappa shape index (κ1) is 21.7. The highest BCUT2D eigenvalue weighted by molar-refractivity contribution is 9.10. The topological polar surface area (TPSA) is 37.3 Å². The maximum absolute atomic E-state index is 6.81. The molecule has 1 saturated heterocycles. The van der Waals surface area contributed by atoms with Crippen LogP contribution in [0.25, 0.3) is 0 Å². The smallest absolute Gasteiger partial charge is 0.200 e. The molecule has 3 aliphatic heterocycles. The van der Waals surface area contributed by atoms with E-state index in [1.165, 1.54) is 11.1 Å². The molecule has 3 aromatic carbocycles. The first-order valence-corrected chi connectivity index (χ1v) is 12.7. The van der Waals surface area contributed by atoms with Gasteiger partial charge in [-0.05, 0) is 35.9 Å². The SMILES string of the molecule is COc1ccccc1C1=NN2[C@H](C1)c1cc(Br)ccc1OC21CCN(Cc2ccccc2)CC1. The molecular formula is C28H28BrN3O2. The molecule has 1 spiro atoms. The molecule has 1 atom stereocenters. The van der Waals surface area contributed by atoms with Crippen LogP contribution in [0.15, 0.2) is 82.4 Å². The minimum Gasteiger partial charge on any atom is -0.496 e. The Balaban J connectivity index is 1.33. The third kappa shape index (κ3) is 3.79. The van der Waals surface area contributed by atoms with Crippen LogP contribution < -0.4 is 9.47 Å². The van der Waals surface area contributed by atoms with Crippen molar-refractivity contribution in [3.05, 3.63) is 94.0 Å². The van der Waals surface area contributed by atoms with Crippen LogP contribution in [-0.4, -0.2) is 41.5 Å². The molecule has 0 aliphatic carbocycles. The third-order valence-electron chi connectivity index (χ3n) is 7.26. The number of nitrogens with zero attached hydrogens (tertiary/aromatic N) is 3. The minimum atomic E-state index is -0.428. The van der Waals surface area contributed by atoms with Crippen LogP contribution in [0.5, 0.6) is 11.5 Å². The van der Waals surface area contributed by atoms with Crippen molar-refractivity contribution in [3.63, 3.8) is 0 Å². The van der Waals surface area contributed by atoms with Crippen molar-refractivity contribution in [2.24, 2.45) is 5.10 Å². The lowest BCUT2D eigenvalue weighted by Gasteiger charge is -2.51. The quantitative estimate of drug-likeness (QED) is 0.425. The molecule has 34 heavy (non-hydrogen) atoms. The van der Waals surface area contributed by atoms with Crippen LogP contribution in [-0.2, 0) is 6.54 Å². The number of methoxy groups -OCH3 is 1. The molecule has 0 aromatic heterocycles. The van der Waals surface area contributed by atoms with Crippen molar-refractivity contribution in [2.45, 2.75) is 37.6 Å². The van der Waals surface area contributed by atoms with Gasteiger partial charge in [-0.3, -0.25) is 4.90 Å². The van der Waals surface area contributed by atoms with Gasteiger partial charge in [0.2, 0.25) is 5.72 Å². The molecule has 174 valence electrons. The zero-order chi connectivity index (χ0) is 23.1. The lowest BCUT2D eigenvalue weighted by atomic mass is 9.90. The summed E-state index contributed by atoms with van der Waals surface area (Å²) >= 11 is 3.66. The van der Waals surface area contributed by atoms with E-state index in [-0.39, 0.29) is 6.04 Å². The number of rotatable bonds is 4. The molecule has 3 aliphatic rings. The summed E-state index contributed by atoms with van der Waals surface area (Å²) in [4.78, 5) is 2.52. The molecule has 0 unspecified atom stereocenters. The van der Waals surface area contributed by atoms with Crippen LogP contribution in [0.3, 0.4) is 0 Å². The van der Waals surface area contributed by atoms with E-state index in [2.05, 4.69) is 86.5 Å². The number of hydrogen-bond acceptors (Lipinski definition) is 5. The Morgan fingerprint density at radius 1 is 1.03 bits per heavy atom. The molecule has 0 N–H and O–H groups in total. The predicted molar refractivity (Wildman–Crippen MR) is 137 cm³/mol. The number of benzene rings is 3. The van der Waals surface area contributed by atoms with E-state index in [0.717, 1.165) is 66.1 Å². The Hall–Kier alpha value is -2.83. The number of para-hydroxylation sites is 1. The van der Waals surface area contributed by atoms with E-state index in [9.17, 15) is 0 Å². The van der Waals surface area contributed by atoms with Crippen LogP contribution in [0, 0.1) is 0 Å². The van der Waals surface area contributed by atoms with E-state index in [1.54, 1.807) is 7.11 Å². The van der Waals surface area contributed by atoms with Gasteiger partial charge in [0, 0.05) is 54.5 Å². The van der Waals surface area contributed by atoms with Gasteiger partial charge in [-0.25, -0.2) is 5.01 Å². The van der Waals surface area contributed by atoms with Crippen molar-refractivity contribution in [2.75, 3.05) is 20.2 Å². The highest BCUT2D eigenvalue weighted by atomic mass is 79.9. The molecule has 0 radical (unpaired) electrons. The largest absolute Gasteiger partial charge is 0.496 e. The molecule has 6 heteroatoms. The van der Waals surface area contributed by atoms with Crippen molar-refractivity contribution in [1.82, 2.24) is 9.91 Å². The monoisotopic (exact) mass is 517 g/mol. The van der Waals surface area contributed by atoms with Crippen LogP contribution in [0.2, 0.25) is 0 Å². The summed E-state index contributed by atoms with van der Waals surface area (Å²) in [7, 11) is 1.72. The van der Waals surface area contributed by atoms with Gasteiger partial charge in [-0.2, -0.15) is 5.10 Å². The Kier molecular flexibility index (Phi) is 5.58. The van der Waals surface area contributed by atoms with Crippen LogP contribution in [0.4, 0.5) is 0 Å². The second-order valence-corrected chi connectivity index (χ2v) is 10.2. The molecular weight excluding hydrogens is 490 g/mol. The fraction of sp³-hybridized carbons (Fsp3) is 0.321. The van der Waals surface area contributed by atoms with Crippen molar-refractivity contribution < 1.29 is 9.47 Å². The Bertz CT molecular complexity index is 1220. The van der Waals surface area contributed by atoms with Gasteiger partial charge < -0.3 is 9.47 Å². The van der Waals surface area contributed by atoms with Gasteiger partial charge in [0.15, 0.2) is 0 Å². The Morgan fingerprint density at radius 3 is 2.59 bits per heavy atom. The van der Waals surface area contributed by atoms with Gasteiger partial charge >= 0.3 is 0 Å². The van der Waals surface area contributed by atoms with E-state index in [1.807, 2.05) is 12.1 Å². The molecule has 6 rings (SSSR count). The maximum atomic E-state index is 6.81. The Morgan fingerprint density at radius 2 is 1.79 bits per heavy atom. The zero-order valence-corrected chi connectivity index (χ0v) is 20.9. The molecule has 1 fully saturated rings. The standard InChI is InChI=1S/C28H28BrN3O2/c1-33-26-10-6-5-9-22(26)24-18-25-23-17-21(29)11-12-27(23)34-28(32(25)30-24)13-15-31(16-14-28)19-20-7-3-2-4-8-20/h2-12,17,25H,13-16,18-19H2,1H3/t25-/m1/s1. The molecule has 3 heterocycles. The number of ether oxygens (including phenoxy) is 2. The minimum absolute atomic E-state index is 0.154. The van der Waals surface area contributed by atoms with Gasteiger partial charge in [-0.15, -0.1) is 0 Å². The summed E-state index contributed by atoms with van der Waals surface area (Å²) in [6, 6.07) is 25.4. The molecule has 0 saturated carbocycles. The number of fused-ring (bicyclic) bond motifs is 4. The number of hydrogen-bond donors (Lipinski definition) is 0. The van der Waals surface area contributed by atoms with E-state index in [4.69, 9.17) is 14.6 Å².